The maximum absolute atomic E-state index is 11.9. The summed E-state index contributed by atoms with van der Waals surface area (Å²) in [5.74, 6) is 3.07. The van der Waals surface area contributed by atoms with Crippen molar-refractivity contribution in [1.82, 2.24) is 10.2 Å². The fourth-order valence-electron chi connectivity index (χ4n) is 2.38. The molecule has 0 bridgehead atoms. The number of carbonyl (C=O) groups excluding carboxylic acids is 1. The number of likely N-dealkylation sites (tertiary alicyclic amines) is 1. The van der Waals surface area contributed by atoms with Crippen LogP contribution in [0.4, 0.5) is 0 Å². The molecule has 2 rings (SSSR count). The van der Waals surface area contributed by atoms with Crippen molar-refractivity contribution in [2.75, 3.05) is 31.1 Å². The van der Waals surface area contributed by atoms with Crippen LogP contribution in [0.2, 0.25) is 0 Å². The number of halogens is 1. The molecule has 0 aromatic carbocycles. The topological polar surface area (TPSA) is 32.3 Å². The largest absolute Gasteiger partial charge is 0.342 e. The van der Waals surface area contributed by atoms with E-state index in [-0.39, 0.29) is 12.4 Å². The second kappa shape index (κ2) is 9.09. The number of hydrogen-bond donors (Lipinski definition) is 1. The van der Waals surface area contributed by atoms with Crippen LogP contribution in [-0.2, 0) is 4.79 Å². The van der Waals surface area contributed by atoms with Gasteiger partial charge in [-0.3, -0.25) is 4.79 Å². The molecule has 1 N–H and O–H groups in total. The normalized spacial score (nSPS) is 20.2. The highest BCUT2D eigenvalue weighted by Gasteiger charge is 2.25. The Hall–Kier alpha value is 0.0700. The number of thioether (sulfide) groups is 1. The molecule has 0 atom stereocenters. The summed E-state index contributed by atoms with van der Waals surface area (Å²) in [6.07, 6.45) is 6.26. The van der Waals surface area contributed by atoms with Gasteiger partial charge in [0.25, 0.3) is 0 Å². The van der Waals surface area contributed by atoms with Crippen LogP contribution in [0, 0.1) is 5.92 Å². The molecular weight excluding hydrogens is 280 g/mol. The van der Waals surface area contributed by atoms with E-state index in [0.29, 0.717) is 17.7 Å². The van der Waals surface area contributed by atoms with E-state index in [2.05, 4.69) is 17.1 Å². The third-order valence-electron chi connectivity index (χ3n) is 3.81. The molecule has 1 heterocycles. The number of amides is 1. The van der Waals surface area contributed by atoms with Crippen LogP contribution < -0.4 is 5.32 Å². The molecule has 3 nitrogen and oxygen atoms in total. The molecule has 0 spiro atoms. The van der Waals surface area contributed by atoms with Gasteiger partial charge in [0.05, 0.1) is 5.75 Å². The number of nitrogens with one attached hydrogen (secondary N) is 1. The zero-order chi connectivity index (χ0) is 12.8. The van der Waals surface area contributed by atoms with E-state index < -0.39 is 0 Å². The average Bonchev–Trinajstić information content (AvgIpc) is 3.21. The molecular formula is C14H27ClN2OS. The SMILES string of the molecule is CCCSCC(=O)N1CCC(NCC2CC2)CC1.Cl. The Morgan fingerprint density at radius 1 is 1.26 bits per heavy atom. The zero-order valence-electron chi connectivity index (χ0n) is 11.9. The lowest BCUT2D eigenvalue weighted by Gasteiger charge is -2.32. The molecule has 1 aliphatic carbocycles. The lowest BCUT2D eigenvalue weighted by atomic mass is 10.0. The first-order valence-corrected chi connectivity index (χ1v) is 8.54. The maximum atomic E-state index is 11.9. The lowest BCUT2D eigenvalue weighted by Crippen LogP contribution is -2.45. The van der Waals surface area contributed by atoms with Crippen LogP contribution in [0.15, 0.2) is 0 Å². The average molecular weight is 307 g/mol. The third kappa shape index (κ3) is 6.37. The smallest absolute Gasteiger partial charge is 0.232 e. The first-order valence-electron chi connectivity index (χ1n) is 7.38. The van der Waals surface area contributed by atoms with Crippen LogP contribution in [0.3, 0.4) is 0 Å². The number of rotatable bonds is 7. The van der Waals surface area contributed by atoms with Crippen molar-refractivity contribution in [2.24, 2.45) is 5.92 Å². The summed E-state index contributed by atoms with van der Waals surface area (Å²) in [5.41, 5.74) is 0. The Labute approximate surface area is 127 Å². The highest BCUT2D eigenvalue weighted by Crippen LogP contribution is 2.28. The van der Waals surface area contributed by atoms with Crippen molar-refractivity contribution < 1.29 is 4.79 Å². The fraction of sp³-hybridized carbons (Fsp3) is 0.929. The molecule has 1 aliphatic heterocycles. The molecule has 112 valence electrons. The van der Waals surface area contributed by atoms with E-state index in [1.807, 2.05) is 0 Å². The third-order valence-corrected chi connectivity index (χ3v) is 4.96. The molecule has 0 aromatic heterocycles. The molecule has 2 aliphatic rings. The summed E-state index contributed by atoms with van der Waals surface area (Å²) in [5, 5.41) is 3.65. The van der Waals surface area contributed by atoms with Gasteiger partial charge in [-0.1, -0.05) is 6.92 Å². The van der Waals surface area contributed by atoms with Gasteiger partial charge in [-0.15, -0.1) is 12.4 Å². The molecule has 19 heavy (non-hydrogen) atoms. The first kappa shape index (κ1) is 17.1. The predicted octanol–water partition coefficient (Wildman–Crippen LogP) is 2.54. The van der Waals surface area contributed by atoms with Gasteiger partial charge in [-0.25, -0.2) is 0 Å². The van der Waals surface area contributed by atoms with Crippen molar-refractivity contribution >= 4 is 30.1 Å². The van der Waals surface area contributed by atoms with Gasteiger partial charge in [0, 0.05) is 19.1 Å². The highest BCUT2D eigenvalue weighted by molar-refractivity contribution is 7.99. The number of nitrogens with zero attached hydrogens (tertiary/aromatic N) is 1. The molecule has 1 saturated heterocycles. The first-order chi connectivity index (χ1) is 8.79. The van der Waals surface area contributed by atoms with E-state index in [0.717, 1.165) is 44.0 Å². The van der Waals surface area contributed by atoms with Gasteiger partial charge in [0.15, 0.2) is 0 Å². The number of carbonyl (C=O) groups is 1. The van der Waals surface area contributed by atoms with Gasteiger partial charge >= 0.3 is 0 Å². The summed E-state index contributed by atoms with van der Waals surface area (Å²) in [6, 6.07) is 0.651. The van der Waals surface area contributed by atoms with E-state index >= 15 is 0 Å². The standard InChI is InChI=1S/C14H26N2OS.ClH/c1-2-9-18-11-14(17)16-7-5-13(6-8-16)15-10-12-3-4-12;/h12-13,15H,2-11H2,1H3;1H. The Bertz CT molecular complexity index is 266. The fourth-order valence-corrected chi connectivity index (χ4v) is 3.17. The van der Waals surface area contributed by atoms with Crippen LogP contribution >= 0.6 is 24.2 Å². The van der Waals surface area contributed by atoms with Crippen molar-refractivity contribution in [3.63, 3.8) is 0 Å². The minimum absolute atomic E-state index is 0. The van der Waals surface area contributed by atoms with Crippen LogP contribution in [0.5, 0.6) is 0 Å². The Morgan fingerprint density at radius 3 is 2.53 bits per heavy atom. The van der Waals surface area contributed by atoms with Crippen LogP contribution in [0.1, 0.15) is 39.0 Å². The van der Waals surface area contributed by atoms with Crippen molar-refractivity contribution in [3.05, 3.63) is 0 Å². The van der Waals surface area contributed by atoms with Crippen LogP contribution in [0.25, 0.3) is 0 Å². The van der Waals surface area contributed by atoms with E-state index in [4.69, 9.17) is 0 Å². The van der Waals surface area contributed by atoms with Crippen LogP contribution in [-0.4, -0.2) is 48.0 Å². The summed E-state index contributed by atoms with van der Waals surface area (Å²) in [7, 11) is 0. The van der Waals surface area contributed by atoms with Gasteiger partial charge in [-0.2, -0.15) is 11.8 Å². The lowest BCUT2D eigenvalue weighted by molar-refractivity contribution is -0.129. The van der Waals surface area contributed by atoms with Gasteiger partial charge in [0.2, 0.25) is 5.91 Å². The molecule has 0 unspecified atom stereocenters. The van der Waals surface area contributed by atoms with E-state index in [9.17, 15) is 4.79 Å². The summed E-state index contributed by atoms with van der Waals surface area (Å²) in [4.78, 5) is 14.0. The summed E-state index contributed by atoms with van der Waals surface area (Å²) >= 11 is 1.77. The quantitative estimate of drug-likeness (QED) is 0.734. The minimum Gasteiger partial charge on any atom is -0.342 e. The summed E-state index contributed by atoms with van der Waals surface area (Å²) in [6.45, 7) is 5.27. The zero-order valence-corrected chi connectivity index (χ0v) is 13.5. The Kier molecular flexibility index (Phi) is 8.19. The molecule has 1 saturated carbocycles. The monoisotopic (exact) mass is 306 g/mol. The van der Waals surface area contributed by atoms with E-state index in [1.165, 1.54) is 19.4 Å². The van der Waals surface area contributed by atoms with E-state index in [1.54, 1.807) is 11.8 Å². The number of hydrogen-bond acceptors (Lipinski definition) is 3. The molecule has 1 amide bonds. The maximum Gasteiger partial charge on any atom is 0.232 e. The van der Waals surface area contributed by atoms with Crippen molar-refractivity contribution in [2.45, 2.75) is 45.1 Å². The van der Waals surface area contributed by atoms with Gasteiger partial charge < -0.3 is 10.2 Å². The number of piperidine rings is 1. The predicted molar refractivity (Wildman–Crippen MR) is 85.2 cm³/mol. The minimum atomic E-state index is 0. The van der Waals surface area contributed by atoms with Gasteiger partial charge in [-0.05, 0) is 50.3 Å². The molecule has 5 heteroatoms. The molecule has 0 radical (unpaired) electrons. The summed E-state index contributed by atoms with van der Waals surface area (Å²) < 4.78 is 0. The highest BCUT2D eigenvalue weighted by atomic mass is 35.5. The molecule has 0 aromatic rings. The second-order valence-electron chi connectivity index (χ2n) is 5.56. The van der Waals surface area contributed by atoms with Crippen molar-refractivity contribution in [1.29, 1.82) is 0 Å². The Morgan fingerprint density at radius 2 is 1.95 bits per heavy atom. The van der Waals surface area contributed by atoms with Gasteiger partial charge in [0.1, 0.15) is 0 Å². The Balaban J connectivity index is 0.00000180. The second-order valence-corrected chi connectivity index (χ2v) is 6.66. The van der Waals surface area contributed by atoms with Crippen molar-refractivity contribution in [3.8, 4) is 0 Å². The molecule has 2 fully saturated rings.